The van der Waals surface area contributed by atoms with E-state index in [4.69, 9.17) is 4.74 Å². The molecule has 6 nitrogen and oxygen atoms in total. The first-order valence-corrected chi connectivity index (χ1v) is 7.57. The van der Waals surface area contributed by atoms with Gasteiger partial charge in [-0.05, 0) is 19.9 Å². The number of para-hydroxylation sites is 1. The summed E-state index contributed by atoms with van der Waals surface area (Å²) < 4.78 is 6.92. The monoisotopic (exact) mass is 313 g/mol. The minimum atomic E-state index is -0.207. The van der Waals surface area contributed by atoms with E-state index in [9.17, 15) is 9.59 Å². The van der Waals surface area contributed by atoms with E-state index in [1.54, 1.807) is 13.8 Å². The first-order valence-electron chi connectivity index (χ1n) is 7.57. The molecule has 120 valence electrons. The predicted octanol–water partition coefficient (Wildman–Crippen LogP) is 1.15. The number of nitrogens with zero attached hydrogens (tertiary/aromatic N) is 2. The number of ether oxygens (including phenoxy) is 1. The van der Waals surface area contributed by atoms with Crippen LogP contribution in [0.4, 0.5) is 0 Å². The molecule has 1 unspecified atom stereocenters. The van der Waals surface area contributed by atoms with Crippen molar-refractivity contribution in [2.45, 2.75) is 26.3 Å². The van der Waals surface area contributed by atoms with Gasteiger partial charge in [-0.25, -0.2) is 4.98 Å². The highest BCUT2D eigenvalue weighted by Crippen LogP contribution is 2.32. The largest absolute Gasteiger partial charge is 0.493 e. The Balaban J connectivity index is 1.61. The fraction of sp³-hybridized carbons (Fsp3) is 0.353. The van der Waals surface area contributed by atoms with Gasteiger partial charge in [-0.2, -0.15) is 0 Å². The van der Waals surface area contributed by atoms with Gasteiger partial charge < -0.3 is 10.1 Å². The molecule has 1 N–H and O–H groups in total. The molecule has 1 aromatic heterocycles. The second-order valence-corrected chi connectivity index (χ2v) is 5.74. The molecule has 0 saturated carbocycles. The lowest BCUT2D eigenvalue weighted by Gasteiger charge is -2.12. The average molecular weight is 313 g/mol. The molecule has 2 aromatic rings. The summed E-state index contributed by atoms with van der Waals surface area (Å²) in [5.74, 6) is 0.813. The van der Waals surface area contributed by atoms with E-state index in [1.165, 1.54) is 10.9 Å². The standard InChI is InChI=1S/C17H19N3O3/c1-11-12(2)19-10-20(17(11)22)8-16(21)18-7-13-9-23-15-6-4-3-5-14(13)15/h3-6,10,13H,7-9H2,1-2H3,(H,18,21). The lowest BCUT2D eigenvalue weighted by atomic mass is 10.0. The van der Waals surface area contributed by atoms with Crippen molar-refractivity contribution in [3.63, 3.8) is 0 Å². The fourth-order valence-electron chi connectivity index (χ4n) is 2.63. The van der Waals surface area contributed by atoms with Gasteiger partial charge in [0, 0.05) is 29.3 Å². The molecule has 0 aliphatic carbocycles. The minimum Gasteiger partial charge on any atom is -0.493 e. The number of nitrogens with one attached hydrogen (secondary N) is 1. The van der Waals surface area contributed by atoms with Crippen LogP contribution in [0.5, 0.6) is 5.75 Å². The van der Waals surface area contributed by atoms with E-state index < -0.39 is 0 Å². The Morgan fingerprint density at radius 3 is 3.00 bits per heavy atom. The average Bonchev–Trinajstić information content (AvgIpc) is 2.97. The molecule has 0 spiro atoms. The third kappa shape index (κ3) is 3.11. The van der Waals surface area contributed by atoms with Gasteiger partial charge in [0.25, 0.3) is 5.56 Å². The molecule has 1 aliphatic rings. The molecule has 1 amide bonds. The van der Waals surface area contributed by atoms with Gasteiger partial charge in [0.15, 0.2) is 0 Å². The van der Waals surface area contributed by atoms with Gasteiger partial charge in [0.05, 0.1) is 12.9 Å². The Labute approximate surface area is 134 Å². The Morgan fingerprint density at radius 1 is 1.39 bits per heavy atom. The molecule has 0 fully saturated rings. The number of amides is 1. The van der Waals surface area contributed by atoms with Crippen LogP contribution in [0.15, 0.2) is 35.4 Å². The minimum absolute atomic E-state index is 0.0256. The molecular formula is C17H19N3O3. The van der Waals surface area contributed by atoms with Crippen molar-refractivity contribution in [3.05, 3.63) is 57.8 Å². The summed E-state index contributed by atoms with van der Waals surface area (Å²) in [6.45, 7) is 4.51. The summed E-state index contributed by atoms with van der Waals surface area (Å²) >= 11 is 0. The molecule has 1 aromatic carbocycles. The zero-order valence-electron chi connectivity index (χ0n) is 13.2. The highest BCUT2D eigenvalue weighted by Gasteiger charge is 2.23. The number of benzene rings is 1. The Bertz CT molecular complexity index is 798. The van der Waals surface area contributed by atoms with Crippen molar-refractivity contribution in [2.24, 2.45) is 0 Å². The maximum atomic E-state index is 12.1. The Hall–Kier alpha value is -2.63. The van der Waals surface area contributed by atoms with Crippen molar-refractivity contribution in [1.82, 2.24) is 14.9 Å². The van der Waals surface area contributed by atoms with Crippen molar-refractivity contribution in [2.75, 3.05) is 13.2 Å². The second kappa shape index (κ2) is 6.24. The number of carbonyl (C=O) groups excluding carboxylic acids is 1. The van der Waals surface area contributed by atoms with Gasteiger partial charge in [-0.15, -0.1) is 0 Å². The topological polar surface area (TPSA) is 73.2 Å². The van der Waals surface area contributed by atoms with Crippen molar-refractivity contribution < 1.29 is 9.53 Å². The van der Waals surface area contributed by atoms with Crippen LogP contribution in [-0.4, -0.2) is 28.6 Å². The Morgan fingerprint density at radius 2 is 2.17 bits per heavy atom. The molecule has 1 aliphatic heterocycles. The molecule has 0 radical (unpaired) electrons. The zero-order chi connectivity index (χ0) is 16.4. The Kier molecular flexibility index (Phi) is 4.14. The van der Waals surface area contributed by atoms with E-state index in [-0.39, 0.29) is 23.9 Å². The van der Waals surface area contributed by atoms with E-state index in [0.717, 1.165) is 11.3 Å². The number of carbonyl (C=O) groups is 1. The van der Waals surface area contributed by atoms with Crippen LogP contribution in [0.2, 0.25) is 0 Å². The number of aromatic nitrogens is 2. The van der Waals surface area contributed by atoms with Crippen LogP contribution < -0.4 is 15.6 Å². The van der Waals surface area contributed by atoms with Gasteiger partial charge in [-0.3, -0.25) is 14.2 Å². The highest BCUT2D eigenvalue weighted by molar-refractivity contribution is 5.75. The highest BCUT2D eigenvalue weighted by atomic mass is 16.5. The third-order valence-electron chi connectivity index (χ3n) is 4.17. The smallest absolute Gasteiger partial charge is 0.256 e. The van der Waals surface area contributed by atoms with Gasteiger partial charge in [0.1, 0.15) is 12.3 Å². The molecule has 0 bridgehead atoms. The van der Waals surface area contributed by atoms with Crippen LogP contribution >= 0.6 is 0 Å². The number of rotatable bonds is 4. The van der Waals surface area contributed by atoms with Crippen LogP contribution in [0.3, 0.4) is 0 Å². The number of hydrogen-bond donors (Lipinski definition) is 1. The number of aryl methyl sites for hydroxylation is 1. The molecule has 3 rings (SSSR count). The lowest BCUT2D eigenvalue weighted by molar-refractivity contribution is -0.121. The van der Waals surface area contributed by atoms with E-state index >= 15 is 0 Å². The second-order valence-electron chi connectivity index (χ2n) is 5.74. The van der Waals surface area contributed by atoms with Gasteiger partial charge in [-0.1, -0.05) is 18.2 Å². The van der Waals surface area contributed by atoms with Crippen LogP contribution in [0.1, 0.15) is 22.7 Å². The normalized spacial score (nSPS) is 15.8. The molecule has 6 heteroatoms. The van der Waals surface area contributed by atoms with Crippen LogP contribution in [-0.2, 0) is 11.3 Å². The molecular weight excluding hydrogens is 294 g/mol. The summed E-state index contributed by atoms with van der Waals surface area (Å²) in [7, 11) is 0. The maximum absolute atomic E-state index is 12.1. The first kappa shape index (κ1) is 15.3. The van der Waals surface area contributed by atoms with Crippen molar-refractivity contribution >= 4 is 5.91 Å². The fourth-order valence-corrected chi connectivity index (χ4v) is 2.63. The molecule has 0 saturated heterocycles. The summed E-state index contributed by atoms with van der Waals surface area (Å²) in [6.07, 6.45) is 1.41. The molecule has 23 heavy (non-hydrogen) atoms. The maximum Gasteiger partial charge on any atom is 0.256 e. The van der Waals surface area contributed by atoms with Gasteiger partial charge >= 0.3 is 0 Å². The van der Waals surface area contributed by atoms with E-state index in [2.05, 4.69) is 10.3 Å². The van der Waals surface area contributed by atoms with Crippen molar-refractivity contribution in [1.29, 1.82) is 0 Å². The van der Waals surface area contributed by atoms with Crippen LogP contribution in [0, 0.1) is 13.8 Å². The SMILES string of the molecule is Cc1ncn(CC(=O)NCC2COc3ccccc32)c(=O)c1C. The van der Waals surface area contributed by atoms with E-state index in [1.807, 2.05) is 24.3 Å². The zero-order valence-corrected chi connectivity index (χ0v) is 13.2. The number of hydrogen-bond acceptors (Lipinski definition) is 4. The van der Waals surface area contributed by atoms with E-state index in [0.29, 0.717) is 24.4 Å². The lowest BCUT2D eigenvalue weighted by Crippen LogP contribution is -2.35. The quantitative estimate of drug-likeness (QED) is 0.919. The summed E-state index contributed by atoms with van der Waals surface area (Å²) in [6, 6.07) is 7.83. The molecule has 1 atom stereocenters. The predicted molar refractivity (Wildman–Crippen MR) is 85.7 cm³/mol. The molecule has 2 heterocycles. The van der Waals surface area contributed by atoms with Crippen LogP contribution in [0.25, 0.3) is 0 Å². The number of fused-ring (bicyclic) bond motifs is 1. The third-order valence-corrected chi connectivity index (χ3v) is 4.17. The first-order chi connectivity index (χ1) is 11.1. The van der Waals surface area contributed by atoms with Gasteiger partial charge in [0.2, 0.25) is 5.91 Å². The summed E-state index contributed by atoms with van der Waals surface area (Å²) in [5.41, 5.74) is 2.18. The van der Waals surface area contributed by atoms with Crippen molar-refractivity contribution in [3.8, 4) is 5.75 Å². The summed E-state index contributed by atoms with van der Waals surface area (Å²) in [4.78, 5) is 28.3. The summed E-state index contributed by atoms with van der Waals surface area (Å²) in [5, 5.41) is 2.87.